The molecule has 2 amide bonds. The highest BCUT2D eigenvalue weighted by atomic mass is 19.1. The Hall–Kier alpha value is -1.91. The van der Waals surface area contributed by atoms with E-state index in [0.29, 0.717) is 11.3 Å². The van der Waals surface area contributed by atoms with Crippen LogP contribution in [0.2, 0.25) is 0 Å². The second kappa shape index (κ2) is 4.30. The normalized spacial score (nSPS) is 26.6. The van der Waals surface area contributed by atoms with Crippen molar-refractivity contribution in [2.45, 2.75) is 32.2 Å². The van der Waals surface area contributed by atoms with Crippen molar-refractivity contribution in [1.29, 1.82) is 0 Å². The molecule has 2 fully saturated rings. The minimum atomic E-state index is -0.822. The Kier molecular flexibility index (Phi) is 2.81. The zero-order valence-electron chi connectivity index (χ0n) is 11.6. The van der Waals surface area contributed by atoms with Crippen LogP contribution in [0.25, 0.3) is 0 Å². The maximum atomic E-state index is 13.3. The number of carbonyl (C=O) groups is 2. The molecule has 4 nitrogen and oxygen atoms in total. The van der Waals surface area contributed by atoms with Gasteiger partial charge in [0.25, 0.3) is 5.91 Å². The summed E-state index contributed by atoms with van der Waals surface area (Å²) in [6.45, 7) is 3.42. The molecule has 0 spiro atoms. The van der Waals surface area contributed by atoms with Crippen LogP contribution in [0, 0.1) is 18.7 Å². The highest BCUT2D eigenvalue weighted by molar-refractivity contribution is 6.09. The summed E-state index contributed by atoms with van der Waals surface area (Å²) in [5, 5.41) is 2.83. The van der Waals surface area contributed by atoms with Crippen LogP contribution in [0.3, 0.4) is 0 Å². The molecular weight excluding hydrogens is 259 g/mol. The van der Waals surface area contributed by atoms with Crippen LogP contribution in [0.5, 0.6) is 0 Å². The second-order valence-electron chi connectivity index (χ2n) is 5.85. The molecule has 1 aromatic rings. The average molecular weight is 276 g/mol. The smallest absolute Gasteiger partial charge is 0.253 e. The highest BCUT2D eigenvalue weighted by Crippen LogP contribution is 2.42. The van der Waals surface area contributed by atoms with E-state index in [1.165, 1.54) is 11.0 Å². The number of hydrogen-bond donors (Lipinski definition) is 1. The molecule has 5 heteroatoms. The number of nitrogens with one attached hydrogen (secondary N) is 1. The highest BCUT2D eigenvalue weighted by Gasteiger charge is 2.52. The van der Waals surface area contributed by atoms with Gasteiger partial charge < -0.3 is 10.2 Å². The molecule has 3 rings (SSSR count). The van der Waals surface area contributed by atoms with E-state index >= 15 is 0 Å². The first-order valence-electron chi connectivity index (χ1n) is 6.81. The van der Waals surface area contributed by atoms with Crippen molar-refractivity contribution in [2.75, 3.05) is 11.4 Å². The van der Waals surface area contributed by atoms with Gasteiger partial charge in [-0.15, -0.1) is 0 Å². The average Bonchev–Trinajstić information content (AvgIpc) is 3.22. The van der Waals surface area contributed by atoms with Crippen LogP contribution in [-0.2, 0) is 9.59 Å². The molecule has 2 aliphatic rings. The summed E-state index contributed by atoms with van der Waals surface area (Å²) in [5.74, 6) is -0.373. The van der Waals surface area contributed by atoms with Gasteiger partial charge in [0.05, 0.1) is 0 Å². The van der Waals surface area contributed by atoms with Gasteiger partial charge in [-0.05, 0) is 56.4 Å². The van der Waals surface area contributed by atoms with Gasteiger partial charge in [0.2, 0.25) is 5.91 Å². The molecular formula is C15H17FN2O2. The molecule has 20 heavy (non-hydrogen) atoms. The Morgan fingerprint density at radius 2 is 2.05 bits per heavy atom. The lowest BCUT2D eigenvalue weighted by Gasteiger charge is -2.40. The summed E-state index contributed by atoms with van der Waals surface area (Å²) in [5.41, 5.74) is 0.225. The number of benzene rings is 1. The standard InChI is InChI=1S/C15H17FN2O2/c1-9-7-11(5-6-12(9)16)18-8-13(19)17-15(2,14(18)20)10-3-4-10/h5-7,10H,3-4,8H2,1-2H3,(H,17,19). The summed E-state index contributed by atoms with van der Waals surface area (Å²) in [4.78, 5) is 26.1. The Labute approximate surface area is 117 Å². The zero-order valence-corrected chi connectivity index (χ0v) is 11.6. The van der Waals surface area contributed by atoms with Crippen molar-refractivity contribution >= 4 is 17.5 Å². The fourth-order valence-corrected chi connectivity index (χ4v) is 2.82. The first kappa shape index (κ1) is 13.1. The maximum Gasteiger partial charge on any atom is 0.253 e. The first-order chi connectivity index (χ1) is 9.41. The number of hydrogen-bond acceptors (Lipinski definition) is 2. The molecule has 1 aromatic carbocycles. The summed E-state index contributed by atoms with van der Waals surface area (Å²) in [6, 6.07) is 4.49. The topological polar surface area (TPSA) is 49.4 Å². The van der Waals surface area contributed by atoms with Crippen LogP contribution in [-0.4, -0.2) is 23.9 Å². The van der Waals surface area contributed by atoms with E-state index in [0.717, 1.165) is 12.8 Å². The predicted molar refractivity (Wildman–Crippen MR) is 72.8 cm³/mol. The van der Waals surface area contributed by atoms with Crippen molar-refractivity contribution in [3.8, 4) is 0 Å². The summed E-state index contributed by atoms with van der Waals surface area (Å²) < 4.78 is 13.3. The molecule has 0 bridgehead atoms. The lowest BCUT2D eigenvalue weighted by Crippen LogP contribution is -2.66. The molecule has 1 atom stereocenters. The van der Waals surface area contributed by atoms with Crippen molar-refractivity contribution in [3.63, 3.8) is 0 Å². The molecule has 1 aliphatic heterocycles. The molecule has 1 aliphatic carbocycles. The first-order valence-corrected chi connectivity index (χ1v) is 6.81. The largest absolute Gasteiger partial charge is 0.340 e. The maximum absolute atomic E-state index is 13.3. The molecule has 1 heterocycles. The number of anilines is 1. The van der Waals surface area contributed by atoms with E-state index in [2.05, 4.69) is 5.32 Å². The predicted octanol–water partition coefficient (Wildman–Crippen LogP) is 1.77. The molecule has 1 saturated carbocycles. The minimum absolute atomic E-state index is 0.00772. The number of nitrogens with zero attached hydrogens (tertiary/aromatic N) is 1. The lowest BCUT2D eigenvalue weighted by molar-refractivity contribution is -0.136. The summed E-state index contributed by atoms with van der Waals surface area (Å²) in [6.07, 6.45) is 1.91. The number of aryl methyl sites for hydroxylation is 1. The van der Waals surface area contributed by atoms with Gasteiger partial charge in [0, 0.05) is 5.69 Å². The van der Waals surface area contributed by atoms with Crippen LogP contribution < -0.4 is 10.2 Å². The van der Waals surface area contributed by atoms with Crippen LogP contribution in [0.1, 0.15) is 25.3 Å². The Balaban J connectivity index is 1.97. The Morgan fingerprint density at radius 1 is 1.35 bits per heavy atom. The molecule has 1 saturated heterocycles. The summed E-state index contributed by atoms with van der Waals surface area (Å²) in [7, 11) is 0. The van der Waals surface area contributed by atoms with Gasteiger partial charge in [0.15, 0.2) is 0 Å². The van der Waals surface area contributed by atoms with Gasteiger partial charge in [-0.2, -0.15) is 0 Å². The van der Waals surface area contributed by atoms with Gasteiger partial charge in [-0.3, -0.25) is 9.59 Å². The fraction of sp³-hybridized carbons (Fsp3) is 0.467. The summed E-state index contributed by atoms with van der Waals surface area (Å²) >= 11 is 0. The second-order valence-corrected chi connectivity index (χ2v) is 5.85. The molecule has 1 unspecified atom stereocenters. The number of piperazine rings is 1. The van der Waals surface area contributed by atoms with E-state index in [1.54, 1.807) is 26.0 Å². The number of halogens is 1. The number of amides is 2. The van der Waals surface area contributed by atoms with Crippen molar-refractivity contribution in [2.24, 2.45) is 5.92 Å². The Morgan fingerprint density at radius 3 is 2.65 bits per heavy atom. The van der Waals surface area contributed by atoms with E-state index in [9.17, 15) is 14.0 Å². The van der Waals surface area contributed by atoms with Crippen LogP contribution in [0.4, 0.5) is 10.1 Å². The van der Waals surface area contributed by atoms with E-state index < -0.39 is 5.54 Å². The number of rotatable bonds is 2. The van der Waals surface area contributed by atoms with Gasteiger partial charge in [-0.1, -0.05) is 0 Å². The quantitative estimate of drug-likeness (QED) is 0.895. The van der Waals surface area contributed by atoms with Crippen LogP contribution in [0.15, 0.2) is 18.2 Å². The van der Waals surface area contributed by atoms with Gasteiger partial charge >= 0.3 is 0 Å². The van der Waals surface area contributed by atoms with Gasteiger partial charge in [0.1, 0.15) is 17.9 Å². The van der Waals surface area contributed by atoms with Crippen molar-refractivity contribution in [1.82, 2.24) is 5.32 Å². The Bertz CT molecular complexity index is 598. The molecule has 1 N–H and O–H groups in total. The van der Waals surface area contributed by atoms with Crippen molar-refractivity contribution in [3.05, 3.63) is 29.6 Å². The molecule has 106 valence electrons. The number of carbonyl (C=O) groups excluding carboxylic acids is 2. The van der Waals surface area contributed by atoms with Crippen LogP contribution >= 0.6 is 0 Å². The van der Waals surface area contributed by atoms with E-state index in [-0.39, 0.29) is 30.1 Å². The minimum Gasteiger partial charge on any atom is -0.340 e. The fourth-order valence-electron chi connectivity index (χ4n) is 2.82. The van der Waals surface area contributed by atoms with Crippen molar-refractivity contribution < 1.29 is 14.0 Å². The SMILES string of the molecule is Cc1cc(N2CC(=O)NC(C)(C3CC3)C2=O)ccc1F. The third-order valence-electron chi connectivity index (χ3n) is 4.24. The molecule has 0 radical (unpaired) electrons. The van der Waals surface area contributed by atoms with E-state index in [4.69, 9.17) is 0 Å². The third-order valence-corrected chi connectivity index (χ3v) is 4.24. The zero-order chi connectivity index (χ0) is 14.5. The lowest BCUT2D eigenvalue weighted by atomic mass is 9.91. The van der Waals surface area contributed by atoms with E-state index in [1.807, 2.05) is 0 Å². The monoisotopic (exact) mass is 276 g/mol. The third kappa shape index (κ3) is 1.97. The van der Waals surface area contributed by atoms with Gasteiger partial charge in [-0.25, -0.2) is 4.39 Å². The molecule has 0 aromatic heterocycles.